The maximum atomic E-state index is 13.4. The van der Waals surface area contributed by atoms with Crippen molar-refractivity contribution in [2.45, 2.75) is 44.8 Å². The fourth-order valence-corrected chi connectivity index (χ4v) is 2.84. The zero-order chi connectivity index (χ0) is 20.0. The Morgan fingerprint density at radius 2 is 1.93 bits per heavy atom. The number of nitrogens with zero attached hydrogens (tertiary/aromatic N) is 4. The van der Waals surface area contributed by atoms with E-state index in [9.17, 15) is 26.7 Å². The minimum atomic E-state index is -4.58. The normalized spacial score (nSPS) is 18.6. The van der Waals surface area contributed by atoms with Crippen molar-refractivity contribution >= 4 is 17.4 Å². The first-order valence-corrected chi connectivity index (χ1v) is 8.34. The maximum Gasteiger partial charge on any atom is 0.408 e. The molecule has 3 rings (SSSR count). The third-order valence-electron chi connectivity index (χ3n) is 4.54. The summed E-state index contributed by atoms with van der Waals surface area (Å²) in [6.45, 7) is 2.71. The SMILES string of the molecule is Cc1cc(N2CCC(F)(F)CC2)nc2c(C(=O)NC(C)C(F)(F)F)cnn12. The van der Waals surface area contributed by atoms with Crippen LogP contribution in [0, 0.1) is 6.92 Å². The fraction of sp³-hybridized carbons (Fsp3) is 0.562. The summed E-state index contributed by atoms with van der Waals surface area (Å²) in [6.07, 6.45) is -4.06. The molecule has 0 saturated carbocycles. The molecule has 1 fully saturated rings. The molecule has 2 aromatic rings. The molecule has 1 saturated heterocycles. The van der Waals surface area contributed by atoms with Crippen LogP contribution in [0.25, 0.3) is 5.65 Å². The molecule has 0 spiro atoms. The van der Waals surface area contributed by atoms with Crippen LogP contribution in [0.2, 0.25) is 0 Å². The van der Waals surface area contributed by atoms with E-state index in [0.717, 1.165) is 13.1 Å². The second-order valence-corrected chi connectivity index (χ2v) is 6.63. The van der Waals surface area contributed by atoms with Gasteiger partial charge in [0.2, 0.25) is 0 Å². The van der Waals surface area contributed by atoms with Gasteiger partial charge in [-0.1, -0.05) is 0 Å². The molecule has 1 amide bonds. The quantitative estimate of drug-likeness (QED) is 0.818. The van der Waals surface area contributed by atoms with E-state index in [4.69, 9.17) is 0 Å². The first-order chi connectivity index (χ1) is 12.5. The highest BCUT2D eigenvalue weighted by Crippen LogP contribution is 2.30. The van der Waals surface area contributed by atoms with E-state index < -0.39 is 24.0 Å². The minimum absolute atomic E-state index is 0.0780. The average molecular weight is 391 g/mol. The van der Waals surface area contributed by atoms with Crippen molar-refractivity contribution in [3.05, 3.63) is 23.5 Å². The Kier molecular flexibility index (Phi) is 4.73. The van der Waals surface area contributed by atoms with Gasteiger partial charge in [-0.2, -0.15) is 18.3 Å². The van der Waals surface area contributed by atoms with E-state index >= 15 is 0 Å². The van der Waals surface area contributed by atoms with Crippen molar-refractivity contribution in [2.75, 3.05) is 18.0 Å². The van der Waals surface area contributed by atoms with E-state index in [1.54, 1.807) is 17.9 Å². The highest BCUT2D eigenvalue weighted by molar-refractivity contribution is 6.00. The Labute approximate surface area is 151 Å². The van der Waals surface area contributed by atoms with Crippen LogP contribution in [0.1, 0.15) is 35.8 Å². The zero-order valence-corrected chi connectivity index (χ0v) is 14.6. The number of anilines is 1. The van der Waals surface area contributed by atoms with Crippen molar-refractivity contribution < 1.29 is 26.7 Å². The molecule has 0 aromatic carbocycles. The third kappa shape index (κ3) is 3.96. The van der Waals surface area contributed by atoms with E-state index in [1.165, 1.54) is 4.52 Å². The van der Waals surface area contributed by atoms with E-state index in [0.29, 0.717) is 11.5 Å². The van der Waals surface area contributed by atoms with Crippen molar-refractivity contribution in [2.24, 2.45) is 0 Å². The molecule has 2 aromatic heterocycles. The Hall–Kier alpha value is -2.46. The van der Waals surface area contributed by atoms with Gasteiger partial charge in [0.25, 0.3) is 11.8 Å². The largest absolute Gasteiger partial charge is 0.408 e. The fourth-order valence-electron chi connectivity index (χ4n) is 2.84. The van der Waals surface area contributed by atoms with Gasteiger partial charge in [0.1, 0.15) is 17.4 Å². The number of aromatic nitrogens is 3. The second-order valence-electron chi connectivity index (χ2n) is 6.63. The number of carbonyl (C=O) groups is 1. The third-order valence-corrected chi connectivity index (χ3v) is 4.54. The predicted octanol–water partition coefficient (Wildman–Crippen LogP) is 2.95. The first-order valence-electron chi connectivity index (χ1n) is 8.34. The lowest BCUT2D eigenvalue weighted by Gasteiger charge is -2.32. The van der Waals surface area contributed by atoms with Gasteiger partial charge in [-0.25, -0.2) is 18.3 Å². The molecule has 6 nitrogen and oxygen atoms in total. The molecule has 1 unspecified atom stereocenters. The highest BCUT2D eigenvalue weighted by atomic mass is 19.4. The number of halogens is 5. The van der Waals surface area contributed by atoms with Crippen LogP contribution < -0.4 is 10.2 Å². The molecule has 1 N–H and O–H groups in total. The standard InChI is InChI=1S/C16H18F5N5O/c1-9-7-12(25-5-3-15(17,18)4-6-25)24-13-11(8-22-26(9)13)14(27)23-10(2)16(19,20)21/h7-8,10H,3-6H2,1-2H3,(H,23,27). The molecule has 148 valence electrons. The lowest BCUT2D eigenvalue weighted by molar-refractivity contribution is -0.149. The van der Waals surface area contributed by atoms with Crippen molar-refractivity contribution in [3.63, 3.8) is 0 Å². The van der Waals surface area contributed by atoms with Crippen molar-refractivity contribution in [1.29, 1.82) is 0 Å². The molecule has 0 bridgehead atoms. The van der Waals surface area contributed by atoms with Crippen LogP contribution in [0.5, 0.6) is 0 Å². The number of rotatable bonds is 3. The number of fused-ring (bicyclic) bond motifs is 1. The number of aryl methyl sites for hydroxylation is 1. The van der Waals surface area contributed by atoms with Gasteiger partial charge in [-0.3, -0.25) is 4.79 Å². The van der Waals surface area contributed by atoms with Gasteiger partial charge in [0.05, 0.1) is 6.20 Å². The van der Waals surface area contributed by atoms with Crippen LogP contribution in [0.15, 0.2) is 12.3 Å². The van der Waals surface area contributed by atoms with Gasteiger partial charge in [0, 0.05) is 37.7 Å². The molecule has 3 heterocycles. The molecule has 0 aliphatic carbocycles. The second kappa shape index (κ2) is 6.61. The smallest absolute Gasteiger partial charge is 0.356 e. The number of hydrogen-bond acceptors (Lipinski definition) is 4. The summed E-state index contributed by atoms with van der Waals surface area (Å²) in [5.41, 5.74) is 0.544. The van der Waals surface area contributed by atoms with Crippen LogP contribution >= 0.6 is 0 Å². The number of amides is 1. The van der Waals surface area contributed by atoms with Gasteiger partial charge >= 0.3 is 6.18 Å². The number of carbonyl (C=O) groups excluding carboxylic acids is 1. The van der Waals surface area contributed by atoms with Crippen molar-refractivity contribution in [3.8, 4) is 0 Å². The van der Waals surface area contributed by atoms with Gasteiger partial charge in [-0.15, -0.1) is 0 Å². The van der Waals surface area contributed by atoms with Crippen LogP contribution in [0.3, 0.4) is 0 Å². The van der Waals surface area contributed by atoms with E-state index in [-0.39, 0.29) is 37.1 Å². The lowest BCUT2D eigenvalue weighted by atomic mass is 10.1. The Balaban J connectivity index is 1.90. The molecule has 27 heavy (non-hydrogen) atoms. The summed E-state index contributed by atoms with van der Waals surface area (Å²) in [5.74, 6) is -3.29. The molecule has 0 radical (unpaired) electrons. The average Bonchev–Trinajstić information content (AvgIpc) is 2.98. The highest BCUT2D eigenvalue weighted by Gasteiger charge is 2.38. The summed E-state index contributed by atoms with van der Waals surface area (Å²) in [4.78, 5) is 18.2. The number of piperidine rings is 1. The topological polar surface area (TPSA) is 62.5 Å². The summed E-state index contributed by atoms with van der Waals surface area (Å²) < 4.78 is 66.1. The van der Waals surface area contributed by atoms with Gasteiger partial charge in [0.15, 0.2) is 5.65 Å². The van der Waals surface area contributed by atoms with Crippen LogP contribution in [-0.4, -0.2) is 51.7 Å². The van der Waals surface area contributed by atoms with E-state index in [1.807, 2.05) is 5.32 Å². The zero-order valence-electron chi connectivity index (χ0n) is 14.6. The summed E-state index contributed by atoms with van der Waals surface area (Å²) >= 11 is 0. The Bertz CT molecular complexity index is 853. The molecule has 1 aliphatic heterocycles. The Morgan fingerprint density at radius 1 is 1.30 bits per heavy atom. The van der Waals surface area contributed by atoms with Gasteiger partial charge in [-0.05, 0) is 13.8 Å². The maximum absolute atomic E-state index is 13.4. The monoisotopic (exact) mass is 391 g/mol. The van der Waals surface area contributed by atoms with Crippen LogP contribution in [0.4, 0.5) is 27.8 Å². The number of alkyl halides is 5. The van der Waals surface area contributed by atoms with Crippen molar-refractivity contribution in [1.82, 2.24) is 19.9 Å². The minimum Gasteiger partial charge on any atom is -0.356 e. The van der Waals surface area contributed by atoms with Gasteiger partial charge < -0.3 is 10.2 Å². The summed E-state index contributed by atoms with van der Waals surface area (Å²) in [6, 6.07) is -0.391. The molecule has 1 atom stereocenters. The first kappa shape index (κ1) is 19.3. The summed E-state index contributed by atoms with van der Waals surface area (Å²) in [5, 5.41) is 5.87. The number of hydrogen-bond donors (Lipinski definition) is 1. The molecule has 1 aliphatic rings. The summed E-state index contributed by atoms with van der Waals surface area (Å²) in [7, 11) is 0. The molecule has 11 heteroatoms. The molecular weight excluding hydrogens is 373 g/mol. The Morgan fingerprint density at radius 3 is 2.52 bits per heavy atom. The molecular formula is C16H18F5N5O. The number of nitrogens with one attached hydrogen (secondary N) is 1. The predicted molar refractivity (Wildman–Crippen MR) is 87.1 cm³/mol. The van der Waals surface area contributed by atoms with Crippen LogP contribution in [-0.2, 0) is 0 Å². The lowest BCUT2D eigenvalue weighted by Crippen LogP contribution is -2.43. The van der Waals surface area contributed by atoms with E-state index in [2.05, 4.69) is 10.1 Å².